The van der Waals surface area contributed by atoms with Crippen LogP contribution >= 0.6 is 0 Å². The number of primary amides is 1. The number of rotatable bonds is 6. The molecule has 0 bridgehead atoms. The molecule has 6 heteroatoms. The fourth-order valence-corrected chi connectivity index (χ4v) is 2.47. The maximum atomic E-state index is 12.5. The van der Waals surface area contributed by atoms with Crippen molar-refractivity contribution in [2.24, 2.45) is 5.73 Å². The van der Waals surface area contributed by atoms with Crippen LogP contribution in [0.3, 0.4) is 0 Å². The van der Waals surface area contributed by atoms with E-state index in [9.17, 15) is 9.59 Å². The van der Waals surface area contributed by atoms with Crippen LogP contribution in [-0.4, -0.2) is 25.0 Å². The lowest BCUT2D eigenvalue weighted by molar-refractivity contribution is -0.122. The highest BCUT2D eigenvalue weighted by atomic mass is 16.5. The molecular formula is C21H26N2O4. The van der Waals surface area contributed by atoms with Gasteiger partial charge in [-0.1, -0.05) is 32.9 Å². The third-order valence-electron chi connectivity index (χ3n) is 4.15. The summed E-state index contributed by atoms with van der Waals surface area (Å²) in [5, 5.41) is 2.81. The summed E-state index contributed by atoms with van der Waals surface area (Å²) in [6.45, 7) is 7.98. The van der Waals surface area contributed by atoms with Gasteiger partial charge in [-0.25, -0.2) is 0 Å². The van der Waals surface area contributed by atoms with E-state index in [-0.39, 0.29) is 22.6 Å². The summed E-state index contributed by atoms with van der Waals surface area (Å²) in [5.74, 6) is -0.275. The molecule has 0 fully saturated rings. The van der Waals surface area contributed by atoms with E-state index < -0.39 is 12.0 Å². The van der Waals surface area contributed by atoms with Crippen LogP contribution in [0.15, 0.2) is 42.5 Å². The Morgan fingerprint density at radius 3 is 2.22 bits per heavy atom. The van der Waals surface area contributed by atoms with Crippen LogP contribution in [0.25, 0.3) is 0 Å². The molecule has 0 saturated heterocycles. The lowest BCUT2D eigenvalue weighted by atomic mass is 9.87. The van der Waals surface area contributed by atoms with Gasteiger partial charge in [0.05, 0.1) is 12.7 Å². The van der Waals surface area contributed by atoms with Gasteiger partial charge in [0.2, 0.25) is 0 Å². The lowest BCUT2D eigenvalue weighted by Gasteiger charge is -2.20. The molecule has 27 heavy (non-hydrogen) atoms. The molecule has 0 radical (unpaired) electrons. The SMILES string of the molecule is COc1ccc(C(N)=O)c(OC(C)C(=O)Nc2ccc(C(C)(C)C)cc2)c1. The van der Waals surface area contributed by atoms with Crippen molar-refractivity contribution in [2.75, 3.05) is 12.4 Å². The zero-order valence-electron chi connectivity index (χ0n) is 16.3. The van der Waals surface area contributed by atoms with Crippen molar-refractivity contribution < 1.29 is 19.1 Å². The average molecular weight is 370 g/mol. The molecule has 6 nitrogen and oxygen atoms in total. The largest absolute Gasteiger partial charge is 0.497 e. The molecule has 0 heterocycles. The minimum atomic E-state index is -0.836. The summed E-state index contributed by atoms with van der Waals surface area (Å²) in [4.78, 5) is 24.0. The lowest BCUT2D eigenvalue weighted by Crippen LogP contribution is -2.31. The Bertz CT molecular complexity index is 823. The second-order valence-corrected chi connectivity index (χ2v) is 7.30. The zero-order valence-corrected chi connectivity index (χ0v) is 16.3. The van der Waals surface area contributed by atoms with Crippen LogP contribution in [0.4, 0.5) is 5.69 Å². The first-order chi connectivity index (χ1) is 12.6. The molecule has 144 valence electrons. The van der Waals surface area contributed by atoms with Crippen LogP contribution in [0.2, 0.25) is 0 Å². The van der Waals surface area contributed by atoms with E-state index in [1.807, 2.05) is 24.3 Å². The van der Waals surface area contributed by atoms with E-state index in [1.165, 1.54) is 24.8 Å². The number of hydrogen-bond donors (Lipinski definition) is 2. The summed E-state index contributed by atoms with van der Waals surface area (Å²) in [6.07, 6.45) is -0.836. The molecule has 0 aliphatic carbocycles. The number of nitrogens with two attached hydrogens (primary N) is 1. The predicted molar refractivity (Wildman–Crippen MR) is 105 cm³/mol. The van der Waals surface area contributed by atoms with Crippen LogP contribution in [0.1, 0.15) is 43.6 Å². The summed E-state index contributed by atoms with van der Waals surface area (Å²) < 4.78 is 10.8. The number of carbonyl (C=O) groups excluding carboxylic acids is 2. The summed E-state index contributed by atoms with van der Waals surface area (Å²) >= 11 is 0. The van der Waals surface area contributed by atoms with Crippen molar-refractivity contribution in [3.8, 4) is 11.5 Å². The van der Waals surface area contributed by atoms with Gasteiger partial charge in [0, 0.05) is 11.8 Å². The third-order valence-corrected chi connectivity index (χ3v) is 4.15. The van der Waals surface area contributed by atoms with Crippen molar-refractivity contribution >= 4 is 17.5 Å². The van der Waals surface area contributed by atoms with Gasteiger partial charge in [-0.05, 0) is 42.2 Å². The van der Waals surface area contributed by atoms with Crippen molar-refractivity contribution in [3.63, 3.8) is 0 Å². The van der Waals surface area contributed by atoms with Crippen molar-refractivity contribution in [1.82, 2.24) is 0 Å². The first kappa shape index (κ1) is 20.3. The Balaban J connectivity index is 2.11. The molecule has 1 unspecified atom stereocenters. The Kier molecular flexibility index (Phi) is 6.10. The molecule has 2 aromatic carbocycles. The Morgan fingerprint density at radius 1 is 1.07 bits per heavy atom. The fraction of sp³-hybridized carbons (Fsp3) is 0.333. The monoisotopic (exact) mass is 370 g/mol. The molecule has 2 aromatic rings. The smallest absolute Gasteiger partial charge is 0.265 e. The molecular weight excluding hydrogens is 344 g/mol. The molecule has 0 spiro atoms. The quantitative estimate of drug-likeness (QED) is 0.814. The van der Waals surface area contributed by atoms with E-state index in [1.54, 1.807) is 13.0 Å². The Hall–Kier alpha value is -3.02. The van der Waals surface area contributed by atoms with Gasteiger partial charge in [0.25, 0.3) is 11.8 Å². The second kappa shape index (κ2) is 8.12. The van der Waals surface area contributed by atoms with Crippen molar-refractivity contribution in [3.05, 3.63) is 53.6 Å². The van der Waals surface area contributed by atoms with E-state index in [0.717, 1.165) is 0 Å². The minimum Gasteiger partial charge on any atom is -0.497 e. The molecule has 1 atom stereocenters. The highest BCUT2D eigenvalue weighted by Crippen LogP contribution is 2.26. The summed E-state index contributed by atoms with van der Waals surface area (Å²) in [6, 6.07) is 12.3. The van der Waals surface area contributed by atoms with Crippen LogP contribution in [0, 0.1) is 0 Å². The fourth-order valence-electron chi connectivity index (χ4n) is 2.47. The summed E-state index contributed by atoms with van der Waals surface area (Å²) in [5.41, 5.74) is 7.44. The summed E-state index contributed by atoms with van der Waals surface area (Å²) in [7, 11) is 1.50. The zero-order chi connectivity index (χ0) is 20.2. The van der Waals surface area contributed by atoms with E-state index in [2.05, 4.69) is 26.1 Å². The first-order valence-electron chi connectivity index (χ1n) is 8.67. The van der Waals surface area contributed by atoms with E-state index in [4.69, 9.17) is 15.2 Å². The number of amides is 2. The van der Waals surface area contributed by atoms with Gasteiger partial charge in [-0.2, -0.15) is 0 Å². The van der Waals surface area contributed by atoms with Crippen molar-refractivity contribution in [2.45, 2.75) is 39.2 Å². The third kappa shape index (κ3) is 5.23. The Labute approximate surface area is 159 Å². The number of methoxy groups -OCH3 is 1. The number of ether oxygens (including phenoxy) is 2. The topological polar surface area (TPSA) is 90.7 Å². The van der Waals surface area contributed by atoms with Gasteiger partial charge < -0.3 is 20.5 Å². The minimum absolute atomic E-state index is 0.0382. The number of benzene rings is 2. The maximum Gasteiger partial charge on any atom is 0.265 e. The number of carbonyl (C=O) groups is 2. The molecule has 0 aliphatic rings. The maximum absolute atomic E-state index is 12.5. The molecule has 2 amide bonds. The van der Waals surface area contributed by atoms with E-state index in [0.29, 0.717) is 11.4 Å². The number of nitrogens with one attached hydrogen (secondary N) is 1. The van der Waals surface area contributed by atoms with Gasteiger partial charge in [-0.15, -0.1) is 0 Å². The number of anilines is 1. The van der Waals surface area contributed by atoms with Crippen LogP contribution < -0.4 is 20.5 Å². The van der Waals surface area contributed by atoms with Crippen molar-refractivity contribution in [1.29, 1.82) is 0 Å². The predicted octanol–water partition coefficient (Wildman–Crippen LogP) is 3.50. The normalized spacial score (nSPS) is 12.2. The highest BCUT2D eigenvalue weighted by Gasteiger charge is 2.19. The van der Waals surface area contributed by atoms with Gasteiger partial charge in [0.1, 0.15) is 11.5 Å². The Morgan fingerprint density at radius 2 is 1.70 bits per heavy atom. The molecule has 0 aromatic heterocycles. The van der Waals surface area contributed by atoms with Crippen LogP contribution in [0.5, 0.6) is 11.5 Å². The molecule has 2 rings (SSSR count). The number of hydrogen-bond acceptors (Lipinski definition) is 4. The molecule has 3 N–H and O–H groups in total. The van der Waals surface area contributed by atoms with Gasteiger partial charge in [0.15, 0.2) is 6.10 Å². The van der Waals surface area contributed by atoms with E-state index >= 15 is 0 Å². The van der Waals surface area contributed by atoms with Crippen LogP contribution in [-0.2, 0) is 10.2 Å². The highest BCUT2D eigenvalue weighted by molar-refractivity contribution is 5.97. The van der Waals surface area contributed by atoms with Gasteiger partial charge >= 0.3 is 0 Å². The first-order valence-corrected chi connectivity index (χ1v) is 8.67. The average Bonchev–Trinajstić information content (AvgIpc) is 2.61. The second-order valence-electron chi connectivity index (χ2n) is 7.30. The standard InChI is InChI=1S/C21H26N2O4/c1-13(27-18-12-16(26-5)10-11-17(18)19(22)24)20(25)23-15-8-6-14(7-9-15)21(2,3)4/h6-13H,1-5H3,(H2,22,24)(H,23,25). The van der Waals surface area contributed by atoms with Gasteiger partial charge in [-0.3, -0.25) is 9.59 Å². The molecule has 0 saturated carbocycles. The molecule has 0 aliphatic heterocycles.